The van der Waals surface area contributed by atoms with E-state index in [1.807, 2.05) is 44.3 Å². The third-order valence-corrected chi connectivity index (χ3v) is 3.87. The zero-order valence-corrected chi connectivity index (χ0v) is 14.6. The van der Waals surface area contributed by atoms with Crippen LogP contribution in [0.1, 0.15) is 18.1 Å². The highest BCUT2D eigenvalue weighted by atomic mass is 35.5. The Morgan fingerprint density at radius 3 is 2.61 bits per heavy atom. The molecule has 0 saturated carbocycles. The lowest BCUT2D eigenvalue weighted by molar-refractivity contribution is 0.552. The maximum Gasteiger partial charge on any atom is 0.146 e. The van der Waals surface area contributed by atoms with Crippen molar-refractivity contribution in [2.75, 3.05) is 18.9 Å². The molecular weight excluding hydrogens is 313 g/mol. The molecule has 0 atom stereocenters. The van der Waals surface area contributed by atoms with E-state index in [2.05, 4.69) is 17.2 Å². The minimum atomic E-state index is -0.335. The molecule has 23 heavy (non-hydrogen) atoms. The predicted molar refractivity (Wildman–Crippen MR) is 97.1 cm³/mol. The second-order valence-electron chi connectivity index (χ2n) is 5.52. The number of nitrogens with zero attached hydrogens (tertiary/aromatic N) is 2. The van der Waals surface area contributed by atoms with E-state index in [0.29, 0.717) is 10.7 Å². The van der Waals surface area contributed by atoms with Crippen LogP contribution in [0, 0.1) is 19.7 Å². The lowest BCUT2D eigenvalue weighted by Gasteiger charge is -2.14. The van der Waals surface area contributed by atoms with Gasteiger partial charge in [-0.3, -0.25) is 0 Å². The Bertz CT molecular complexity index is 728. The molecule has 0 aliphatic carbocycles. The molecule has 0 fully saturated rings. The molecule has 1 N–H and O–H groups in total. The van der Waals surface area contributed by atoms with Crippen molar-refractivity contribution in [3.8, 4) is 0 Å². The van der Waals surface area contributed by atoms with Crippen molar-refractivity contribution in [1.29, 1.82) is 0 Å². The summed E-state index contributed by atoms with van der Waals surface area (Å²) in [5.41, 5.74) is 4.11. The molecule has 2 aromatic rings. The fraction of sp³-hybridized carbons (Fsp3) is 0.278. The van der Waals surface area contributed by atoms with Crippen molar-refractivity contribution in [2.45, 2.75) is 20.8 Å². The van der Waals surface area contributed by atoms with Crippen LogP contribution < -0.4 is 5.32 Å². The Kier molecular flexibility index (Phi) is 5.61. The third-order valence-electron chi connectivity index (χ3n) is 3.63. The van der Waals surface area contributed by atoms with Gasteiger partial charge in [-0.25, -0.2) is 9.38 Å². The van der Waals surface area contributed by atoms with Crippen LogP contribution in [0.3, 0.4) is 0 Å². The summed E-state index contributed by atoms with van der Waals surface area (Å²) in [5, 5.41) is 3.60. The van der Waals surface area contributed by atoms with Gasteiger partial charge in [0.2, 0.25) is 0 Å². The molecule has 0 amide bonds. The quantitative estimate of drug-likeness (QED) is 0.582. The molecule has 0 spiro atoms. The van der Waals surface area contributed by atoms with Crippen LogP contribution in [-0.4, -0.2) is 24.8 Å². The number of benzene rings is 2. The van der Waals surface area contributed by atoms with Gasteiger partial charge in [0.1, 0.15) is 5.82 Å². The van der Waals surface area contributed by atoms with Crippen LogP contribution in [0.2, 0.25) is 5.02 Å². The first-order chi connectivity index (χ1) is 10.9. The highest BCUT2D eigenvalue weighted by molar-refractivity contribution is 6.30. The Hall–Kier alpha value is -2.07. The molecule has 0 saturated heterocycles. The summed E-state index contributed by atoms with van der Waals surface area (Å²) in [7, 11) is 1.98. The number of hydrogen-bond donors (Lipinski definition) is 1. The zero-order valence-electron chi connectivity index (χ0n) is 13.8. The van der Waals surface area contributed by atoms with Crippen molar-refractivity contribution in [2.24, 2.45) is 4.99 Å². The number of nitrogens with one attached hydrogen (secondary N) is 1. The molecule has 122 valence electrons. The van der Waals surface area contributed by atoms with Crippen molar-refractivity contribution < 1.29 is 4.39 Å². The number of rotatable bonds is 5. The van der Waals surface area contributed by atoms with Gasteiger partial charge in [-0.1, -0.05) is 11.6 Å². The molecule has 3 nitrogen and oxygen atoms in total. The summed E-state index contributed by atoms with van der Waals surface area (Å²) in [6.07, 6.45) is 1.81. The molecule has 0 bridgehead atoms. The molecule has 0 heterocycles. The van der Waals surface area contributed by atoms with Crippen LogP contribution >= 0.6 is 11.6 Å². The fourth-order valence-corrected chi connectivity index (χ4v) is 2.23. The Morgan fingerprint density at radius 2 is 1.91 bits per heavy atom. The molecule has 2 rings (SSSR count). The number of hydrogen-bond acceptors (Lipinski definition) is 2. The molecule has 0 aromatic heterocycles. The Labute approximate surface area is 141 Å². The summed E-state index contributed by atoms with van der Waals surface area (Å²) in [4.78, 5) is 6.50. The maximum atomic E-state index is 13.9. The van der Waals surface area contributed by atoms with Gasteiger partial charge in [0.15, 0.2) is 0 Å². The highest BCUT2D eigenvalue weighted by Crippen LogP contribution is 2.30. The van der Waals surface area contributed by atoms with Crippen LogP contribution in [0.25, 0.3) is 0 Å². The van der Waals surface area contributed by atoms with Gasteiger partial charge in [-0.2, -0.15) is 0 Å². The monoisotopic (exact) mass is 333 g/mol. The molecule has 2 aromatic carbocycles. The van der Waals surface area contributed by atoms with Gasteiger partial charge in [-0.05, 0) is 62.2 Å². The van der Waals surface area contributed by atoms with E-state index in [9.17, 15) is 4.39 Å². The highest BCUT2D eigenvalue weighted by Gasteiger charge is 2.08. The first-order valence-corrected chi connectivity index (χ1v) is 7.86. The maximum absolute atomic E-state index is 13.9. The Balaban J connectivity index is 2.29. The van der Waals surface area contributed by atoms with Gasteiger partial charge in [0.05, 0.1) is 17.7 Å². The summed E-state index contributed by atoms with van der Waals surface area (Å²) in [6.45, 7) is 6.91. The molecule has 0 aliphatic heterocycles. The first-order valence-electron chi connectivity index (χ1n) is 7.48. The molecular formula is C18H21ClFN3. The summed E-state index contributed by atoms with van der Waals surface area (Å²) in [5.74, 6) is -0.335. The van der Waals surface area contributed by atoms with Crippen LogP contribution in [0.4, 0.5) is 21.5 Å². The van der Waals surface area contributed by atoms with Crippen molar-refractivity contribution in [1.82, 2.24) is 4.90 Å². The lowest BCUT2D eigenvalue weighted by atomic mass is 10.1. The van der Waals surface area contributed by atoms with Gasteiger partial charge in [0.25, 0.3) is 0 Å². The van der Waals surface area contributed by atoms with Crippen LogP contribution in [0.5, 0.6) is 0 Å². The van der Waals surface area contributed by atoms with E-state index < -0.39 is 0 Å². The summed E-state index contributed by atoms with van der Waals surface area (Å²) >= 11 is 5.93. The average molecular weight is 334 g/mol. The Morgan fingerprint density at radius 1 is 1.17 bits per heavy atom. The number of halogens is 2. The molecule has 0 unspecified atom stereocenters. The largest absolute Gasteiger partial charge is 0.366 e. The number of anilines is 2. The SMILES string of the molecule is CCN(C)C=Nc1cc(C)c(Nc2cc(Cl)ccc2F)cc1C. The first kappa shape index (κ1) is 17.3. The van der Waals surface area contributed by atoms with E-state index in [1.165, 1.54) is 12.1 Å². The van der Waals surface area contributed by atoms with E-state index in [-0.39, 0.29) is 5.82 Å². The standard InChI is InChI=1S/C18H21ClFN3/c1-5-23(4)11-21-16-8-13(3)17(9-12(16)2)22-18-10-14(19)6-7-15(18)20/h6-11,22H,5H2,1-4H3. The fourth-order valence-electron chi connectivity index (χ4n) is 2.06. The molecule has 0 aliphatic rings. The van der Waals surface area contributed by atoms with Crippen molar-refractivity contribution in [3.05, 3.63) is 52.3 Å². The predicted octanol–water partition coefficient (Wildman–Crippen LogP) is 5.45. The van der Waals surface area contributed by atoms with Gasteiger partial charge in [-0.15, -0.1) is 0 Å². The van der Waals surface area contributed by atoms with Gasteiger partial charge >= 0.3 is 0 Å². The minimum absolute atomic E-state index is 0.335. The summed E-state index contributed by atoms with van der Waals surface area (Å²) in [6, 6.07) is 8.41. The second-order valence-corrected chi connectivity index (χ2v) is 5.96. The molecule has 5 heteroatoms. The minimum Gasteiger partial charge on any atom is -0.366 e. The normalized spacial score (nSPS) is 11.0. The van der Waals surface area contributed by atoms with E-state index in [0.717, 1.165) is 29.0 Å². The topological polar surface area (TPSA) is 27.6 Å². The zero-order chi connectivity index (χ0) is 17.0. The average Bonchev–Trinajstić information content (AvgIpc) is 2.52. The third kappa shape index (κ3) is 4.45. The van der Waals surface area contributed by atoms with Crippen LogP contribution in [-0.2, 0) is 0 Å². The van der Waals surface area contributed by atoms with E-state index >= 15 is 0 Å². The lowest BCUT2D eigenvalue weighted by Crippen LogP contribution is -2.14. The second kappa shape index (κ2) is 7.47. The smallest absolute Gasteiger partial charge is 0.146 e. The summed E-state index contributed by atoms with van der Waals surface area (Å²) < 4.78 is 13.9. The number of aryl methyl sites for hydroxylation is 2. The number of aliphatic imine (C=N–C) groups is 1. The van der Waals surface area contributed by atoms with Crippen molar-refractivity contribution in [3.63, 3.8) is 0 Å². The van der Waals surface area contributed by atoms with Crippen molar-refractivity contribution >= 4 is 35.0 Å². The van der Waals surface area contributed by atoms with Gasteiger partial charge < -0.3 is 10.2 Å². The molecule has 0 radical (unpaired) electrons. The van der Waals surface area contributed by atoms with Crippen LogP contribution in [0.15, 0.2) is 35.3 Å². The van der Waals surface area contributed by atoms with Gasteiger partial charge in [0, 0.05) is 24.3 Å². The van der Waals surface area contributed by atoms with E-state index in [1.54, 1.807) is 6.07 Å². The van der Waals surface area contributed by atoms with E-state index in [4.69, 9.17) is 11.6 Å².